The minimum absolute atomic E-state index is 0. The SMILES string of the molecule is CCNC(=O)c1cccc(CN=C(NCC)NCC(C)Oc2ccccc2OC)c1.I. The van der Waals surface area contributed by atoms with E-state index in [4.69, 9.17) is 9.47 Å². The molecule has 2 rings (SSSR count). The number of benzene rings is 2. The highest BCUT2D eigenvalue weighted by molar-refractivity contribution is 14.0. The number of guanidine groups is 1. The van der Waals surface area contributed by atoms with Gasteiger partial charge in [0.2, 0.25) is 0 Å². The van der Waals surface area contributed by atoms with E-state index in [1.165, 1.54) is 0 Å². The summed E-state index contributed by atoms with van der Waals surface area (Å²) in [5.74, 6) is 2.03. The van der Waals surface area contributed by atoms with Crippen LogP contribution in [0.3, 0.4) is 0 Å². The Balaban J connectivity index is 0.00000480. The maximum atomic E-state index is 12.0. The monoisotopic (exact) mass is 540 g/mol. The van der Waals surface area contributed by atoms with Crippen LogP contribution >= 0.6 is 24.0 Å². The summed E-state index contributed by atoms with van der Waals surface area (Å²) in [7, 11) is 1.63. The molecule has 0 saturated heterocycles. The second-order valence-electron chi connectivity index (χ2n) is 6.72. The lowest BCUT2D eigenvalue weighted by atomic mass is 10.1. The van der Waals surface area contributed by atoms with Crippen LogP contribution in [0.15, 0.2) is 53.5 Å². The average Bonchev–Trinajstić information content (AvgIpc) is 2.76. The highest BCUT2D eigenvalue weighted by Gasteiger charge is 2.10. The molecule has 0 saturated carbocycles. The number of hydrogen-bond donors (Lipinski definition) is 3. The molecular formula is C23H33IN4O3. The van der Waals surface area contributed by atoms with Gasteiger partial charge in [0.05, 0.1) is 20.2 Å². The standard InChI is InChI=1S/C23H32N4O3.HI/c1-5-24-22(28)19-11-9-10-18(14-19)16-27-23(25-6-2)26-15-17(3)30-21-13-8-7-12-20(21)29-4;/h7-14,17H,5-6,15-16H2,1-4H3,(H,24,28)(H2,25,26,27);1H. The first-order valence-corrected chi connectivity index (χ1v) is 10.3. The summed E-state index contributed by atoms with van der Waals surface area (Å²) in [6, 6.07) is 15.1. The van der Waals surface area contributed by atoms with Gasteiger partial charge in [-0.25, -0.2) is 4.99 Å². The lowest BCUT2D eigenvalue weighted by molar-refractivity contribution is 0.0955. The molecule has 0 aliphatic heterocycles. The van der Waals surface area contributed by atoms with E-state index >= 15 is 0 Å². The summed E-state index contributed by atoms with van der Waals surface area (Å²) in [6.45, 7) is 8.28. The Bertz CT molecular complexity index is 845. The molecule has 31 heavy (non-hydrogen) atoms. The Hall–Kier alpha value is -2.49. The molecule has 0 radical (unpaired) electrons. The Kier molecular flexibility index (Phi) is 12.4. The number of halogens is 1. The van der Waals surface area contributed by atoms with Gasteiger partial charge in [-0.3, -0.25) is 4.79 Å². The normalized spacial score (nSPS) is 11.7. The van der Waals surface area contributed by atoms with E-state index in [1.807, 2.05) is 63.2 Å². The fraction of sp³-hybridized carbons (Fsp3) is 0.391. The first-order chi connectivity index (χ1) is 14.6. The number of rotatable bonds is 10. The summed E-state index contributed by atoms with van der Waals surface area (Å²) in [6.07, 6.45) is -0.0915. The van der Waals surface area contributed by atoms with Crippen LogP contribution in [0.4, 0.5) is 0 Å². The molecular weight excluding hydrogens is 507 g/mol. The van der Waals surface area contributed by atoms with Gasteiger partial charge in [-0.05, 0) is 50.6 Å². The molecule has 0 bridgehead atoms. The summed E-state index contributed by atoms with van der Waals surface area (Å²) in [5.41, 5.74) is 1.61. The average molecular weight is 540 g/mol. The van der Waals surface area contributed by atoms with E-state index in [-0.39, 0.29) is 36.0 Å². The van der Waals surface area contributed by atoms with Crippen molar-refractivity contribution in [3.05, 3.63) is 59.7 Å². The zero-order chi connectivity index (χ0) is 21.8. The van der Waals surface area contributed by atoms with Gasteiger partial charge in [-0.1, -0.05) is 24.3 Å². The van der Waals surface area contributed by atoms with Crippen molar-refractivity contribution in [2.45, 2.75) is 33.4 Å². The van der Waals surface area contributed by atoms with E-state index in [1.54, 1.807) is 13.2 Å². The van der Waals surface area contributed by atoms with Crippen LogP contribution in [0.5, 0.6) is 11.5 Å². The van der Waals surface area contributed by atoms with Crippen LogP contribution < -0.4 is 25.4 Å². The Morgan fingerprint density at radius 3 is 2.39 bits per heavy atom. The van der Waals surface area contributed by atoms with E-state index in [9.17, 15) is 4.79 Å². The molecule has 0 aliphatic rings. The van der Waals surface area contributed by atoms with E-state index in [0.29, 0.717) is 42.7 Å². The number of nitrogens with zero attached hydrogens (tertiary/aromatic N) is 1. The number of nitrogens with one attached hydrogen (secondary N) is 3. The van der Waals surface area contributed by atoms with Crippen LogP contribution in [-0.4, -0.2) is 44.7 Å². The molecule has 0 heterocycles. The van der Waals surface area contributed by atoms with Gasteiger partial charge in [0.25, 0.3) is 5.91 Å². The second-order valence-corrected chi connectivity index (χ2v) is 6.72. The topological polar surface area (TPSA) is 84.0 Å². The zero-order valence-electron chi connectivity index (χ0n) is 18.6. The highest BCUT2D eigenvalue weighted by Crippen LogP contribution is 2.26. The molecule has 7 nitrogen and oxygen atoms in total. The molecule has 0 aromatic heterocycles. The van der Waals surface area contributed by atoms with Gasteiger partial charge >= 0.3 is 0 Å². The summed E-state index contributed by atoms with van der Waals surface area (Å²) >= 11 is 0. The van der Waals surface area contributed by atoms with Gasteiger partial charge in [0.15, 0.2) is 17.5 Å². The Morgan fingerprint density at radius 1 is 1.00 bits per heavy atom. The maximum absolute atomic E-state index is 12.0. The number of ether oxygens (including phenoxy) is 2. The van der Waals surface area contributed by atoms with Crippen molar-refractivity contribution in [2.75, 3.05) is 26.7 Å². The molecule has 2 aromatic rings. The van der Waals surface area contributed by atoms with Crippen LogP contribution in [0.1, 0.15) is 36.7 Å². The second kappa shape index (κ2) is 14.5. The number of para-hydroxylation sites is 2. The number of carbonyl (C=O) groups excluding carboxylic acids is 1. The van der Waals surface area contributed by atoms with Crippen molar-refractivity contribution in [3.8, 4) is 11.5 Å². The highest BCUT2D eigenvalue weighted by atomic mass is 127. The van der Waals surface area contributed by atoms with Gasteiger partial charge in [-0.2, -0.15) is 0 Å². The number of aliphatic imine (C=N–C) groups is 1. The van der Waals surface area contributed by atoms with Crippen molar-refractivity contribution in [1.29, 1.82) is 0 Å². The van der Waals surface area contributed by atoms with Crippen molar-refractivity contribution in [3.63, 3.8) is 0 Å². The Morgan fingerprint density at radius 2 is 1.71 bits per heavy atom. The summed E-state index contributed by atoms with van der Waals surface area (Å²) in [5, 5.41) is 9.34. The van der Waals surface area contributed by atoms with Gasteiger partial charge < -0.3 is 25.4 Å². The molecule has 8 heteroatoms. The molecule has 170 valence electrons. The molecule has 1 unspecified atom stereocenters. The fourth-order valence-electron chi connectivity index (χ4n) is 2.80. The molecule has 2 aromatic carbocycles. The van der Waals surface area contributed by atoms with E-state index in [2.05, 4.69) is 20.9 Å². The lowest BCUT2D eigenvalue weighted by Crippen LogP contribution is -2.41. The zero-order valence-corrected chi connectivity index (χ0v) is 20.9. The molecule has 1 amide bonds. The third kappa shape index (κ3) is 9.04. The third-order valence-corrected chi connectivity index (χ3v) is 4.24. The molecule has 0 spiro atoms. The van der Waals surface area contributed by atoms with Crippen molar-refractivity contribution in [1.82, 2.24) is 16.0 Å². The van der Waals surface area contributed by atoms with Gasteiger partial charge in [0.1, 0.15) is 6.10 Å². The number of hydrogen-bond acceptors (Lipinski definition) is 4. The summed E-state index contributed by atoms with van der Waals surface area (Å²) in [4.78, 5) is 16.6. The molecule has 0 aliphatic carbocycles. The first kappa shape index (κ1) is 26.5. The molecule has 3 N–H and O–H groups in total. The predicted molar refractivity (Wildman–Crippen MR) is 136 cm³/mol. The van der Waals surface area contributed by atoms with Crippen LogP contribution in [0.2, 0.25) is 0 Å². The first-order valence-electron chi connectivity index (χ1n) is 10.3. The van der Waals surface area contributed by atoms with E-state index in [0.717, 1.165) is 12.1 Å². The van der Waals surface area contributed by atoms with Crippen molar-refractivity contribution >= 4 is 35.8 Å². The minimum atomic E-state index is -0.0915. The molecule has 1 atom stereocenters. The maximum Gasteiger partial charge on any atom is 0.251 e. The predicted octanol–water partition coefficient (Wildman–Crippen LogP) is 3.59. The van der Waals surface area contributed by atoms with Crippen molar-refractivity contribution in [2.24, 2.45) is 4.99 Å². The van der Waals surface area contributed by atoms with E-state index < -0.39 is 0 Å². The van der Waals surface area contributed by atoms with Crippen LogP contribution in [-0.2, 0) is 6.54 Å². The Labute approximate surface area is 202 Å². The fourth-order valence-corrected chi connectivity index (χ4v) is 2.80. The van der Waals surface area contributed by atoms with Crippen LogP contribution in [0.25, 0.3) is 0 Å². The number of amides is 1. The summed E-state index contributed by atoms with van der Waals surface area (Å²) < 4.78 is 11.3. The minimum Gasteiger partial charge on any atom is -0.493 e. The van der Waals surface area contributed by atoms with Gasteiger partial charge in [0, 0.05) is 18.7 Å². The quantitative estimate of drug-likeness (QED) is 0.244. The molecule has 0 fully saturated rings. The van der Waals surface area contributed by atoms with Crippen molar-refractivity contribution < 1.29 is 14.3 Å². The smallest absolute Gasteiger partial charge is 0.251 e. The van der Waals surface area contributed by atoms with Gasteiger partial charge in [-0.15, -0.1) is 24.0 Å². The number of carbonyl (C=O) groups is 1. The van der Waals surface area contributed by atoms with Crippen LogP contribution in [0, 0.1) is 0 Å². The third-order valence-electron chi connectivity index (χ3n) is 4.24. The number of methoxy groups -OCH3 is 1. The largest absolute Gasteiger partial charge is 0.493 e. The lowest BCUT2D eigenvalue weighted by Gasteiger charge is -2.19.